The van der Waals surface area contributed by atoms with E-state index < -0.39 is 0 Å². The molecule has 5 aromatic carbocycles. The van der Waals surface area contributed by atoms with Crippen molar-refractivity contribution in [1.29, 1.82) is 0 Å². The Labute approximate surface area is 228 Å². The first-order valence-corrected chi connectivity index (χ1v) is 13.3. The van der Waals surface area contributed by atoms with E-state index in [0.29, 0.717) is 17.5 Å². The van der Waals surface area contributed by atoms with Gasteiger partial charge in [0.1, 0.15) is 0 Å². The number of benzene rings is 5. The van der Waals surface area contributed by atoms with E-state index in [-0.39, 0.29) is 5.41 Å². The maximum absolute atomic E-state index is 5.00. The number of rotatable bonds is 4. The molecule has 0 aliphatic heterocycles. The average molecular weight is 502 g/mol. The van der Waals surface area contributed by atoms with E-state index in [4.69, 9.17) is 15.0 Å². The van der Waals surface area contributed by atoms with Crippen LogP contribution in [-0.2, 0) is 5.41 Å². The summed E-state index contributed by atoms with van der Waals surface area (Å²) in [7, 11) is 0. The fourth-order valence-electron chi connectivity index (χ4n) is 5.64. The molecule has 0 saturated carbocycles. The molecule has 186 valence electrons. The molecule has 3 nitrogen and oxygen atoms in total. The van der Waals surface area contributed by atoms with Crippen LogP contribution in [0, 0.1) is 0 Å². The van der Waals surface area contributed by atoms with E-state index >= 15 is 0 Å². The minimum Gasteiger partial charge on any atom is -0.208 e. The normalized spacial score (nSPS) is 13.1. The molecule has 7 rings (SSSR count). The van der Waals surface area contributed by atoms with Gasteiger partial charge in [-0.15, -0.1) is 0 Å². The molecule has 0 saturated heterocycles. The van der Waals surface area contributed by atoms with Crippen LogP contribution in [0.1, 0.15) is 25.0 Å². The van der Waals surface area contributed by atoms with Crippen molar-refractivity contribution < 1.29 is 0 Å². The Bertz CT molecular complexity index is 1810. The highest BCUT2D eigenvalue weighted by atomic mass is 15.0. The Morgan fingerprint density at radius 1 is 0.385 bits per heavy atom. The Morgan fingerprint density at radius 2 is 0.821 bits per heavy atom. The number of hydrogen-bond donors (Lipinski definition) is 0. The minimum atomic E-state index is -0.0900. The lowest BCUT2D eigenvalue weighted by atomic mass is 9.82. The summed E-state index contributed by atoms with van der Waals surface area (Å²) in [5, 5.41) is 0. The van der Waals surface area contributed by atoms with Crippen LogP contribution < -0.4 is 0 Å². The maximum atomic E-state index is 5.00. The molecule has 0 fully saturated rings. The van der Waals surface area contributed by atoms with E-state index in [0.717, 1.165) is 22.3 Å². The second-order valence-electron chi connectivity index (χ2n) is 10.5. The molecule has 0 atom stereocenters. The van der Waals surface area contributed by atoms with Gasteiger partial charge in [0.05, 0.1) is 0 Å². The SMILES string of the molecule is CC1(C)c2ccccc2-c2ccc(-c3nc(-c4ccccc4)nc(-c4ccc(-c5ccccc5)cc4)n3)cc21. The van der Waals surface area contributed by atoms with Crippen molar-refractivity contribution in [3.05, 3.63) is 139 Å². The van der Waals surface area contributed by atoms with Crippen molar-refractivity contribution in [3.63, 3.8) is 0 Å². The summed E-state index contributed by atoms with van der Waals surface area (Å²) < 4.78 is 0. The van der Waals surface area contributed by atoms with Crippen LogP contribution in [0.2, 0.25) is 0 Å². The molecule has 39 heavy (non-hydrogen) atoms. The Balaban J connectivity index is 1.35. The van der Waals surface area contributed by atoms with Crippen molar-refractivity contribution in [3.8, 4) is 56.4 Å². The highest BCUT2D eigenvalue weighted by molar-refractivity contribution is 5.83. The van der Waals surface area contributed by atoms with Gasteiger partial charge in [-0.2, -0.15) is 0 Å². The Kier molecular flexibility index (Phi) is 5.45. The van der Waals surface area contributed by atoms with Crippen molar-refractivity contribution in [2.75, 3.05) is 0 Å². The third-order valence-corrected chi connectivity index (χ3v) is 7.76. The van der Waals surface area contributed by atoms with Gasteiger partial charge in [-0.25, -0.2) is 15.0 Å². The van der Waals surface area contributed by atoms with Crippen molar-refractivity contribution in [2.45, 2.75) is 19.3 Å². The van der Waals surface area contributed by atoms with Gasteiger partial charge in [-0.05, 0) is 39.4 Å². The molecule has 0 N–H and O–H groups in total. The maximum Gasteiger partial charge on any atom is 0.164 e. The number of fused-ring (bicyclic) bond motifs is 3. The fourth-order valence-corrected chi connectivity index (χ4v) is 5.64. The van der Waals surface area contributed by atoms with Gasteiger partial charge in [0.25, 0.3) is 0 Å². The topological polar surface area (TPSA) is 38.7 Å². The van der Waals surface area contributed by atoms with E-state index in [2.05, 4.69) is 105 Å². The predicted molar refractivity (Wildman–Crippen MR) is 159 cm³/mol. The quantitative estimate of drug-likeness (QED) is 0.242. The van der Waals surface area contributed by atoms with Gasteiger partial charge in [0, 0.05) is 22.1 Å². The molecule has 3 heteroatoms. The van der Waals surface area contributed by atoms with Crippen LogP contribution in [0.3, 0.4) is 0 Å². The summed E-state index contributed by atoms with van der Waals surface area (Å²) in [6, 6.07) is 44.3. The molecular weight excluding hydrogens is 474 g/mol. The molecule has 1 aliphatic rings. The summed E-state index contributed by atoms with van der Waals surface area (Å²) >= 11 is 0. The average Bonchev–Trinajstić information content (AvgIpc) is 3.24. The molecular formula is C36H27N3. The van der Waals surface area contributed by atoms with Crippen LogP contribution in [0.5, 0.6) is 0 Å². The molecule has 0 spiro atoms. The number of hydrogen-bond acceptors (Lipinski definition) is 3. The summed E-state index contributed by atoms with van der Waals surface area (Å²) in [6.07, 6.45) is 0. The van der Waals surface area contributed by atoms with Gasteiger partial charge in [0.2, 0.25) is 0 Å². The monoisotopic (exact) mass is 501 g/mol. The lowest BCUT2D eigenvalue weighted by Crippen LogP contribution is -2.15. The van der Waals surface area contributed by atoms with Gasteiger partial charge in [0.15, 0.2) is 17.5 Å². The molecule has 0 bridgehead atoms. The fraction of sp³-hybridized carbons (Fsp3) is 0.0833. The summed E-state index contributed by atoms with van der Waals surface area (Å²) in [4.78, 5) is 14.9. The zero-order valence-corrected chi connectivity index (χ0v) is 22.0. The zero-order chi connectivity index (χ0) is 26.4. The summed E-state index contributed by atoms with van der Waals surface area (Å²) in [6.45, 7) is 4.59. The van der Waals surface area contributed by atoms with E-state index in [9.17, 15) is 0 Å². The summed E-state index contributed by atoms with van der Waals surface area (Å²) in [5.41, 5.74) is 10.4. The molecule has 0 unspecified atom stereocenters. The Morgan fingerprint density at radius 3 is 1.49 bits per heavy atom. The Hall–Kier alpha value is -4.89. The lowest BCUT2D eigenvalue weighted by molar-refractivity contribution is 0.660. The van der Waals surface area contributed by atoms with Gasteiger partial charge in [-0.1, -0.05) is 135 Å². The second-order valence-corrected chi connectivity index (χ2v) is 10.5. The first-order valence-electron chi connectivity index (χ1n) is 13.3. The molecule has 0 amide bonds. The second kappa shape index (κ2) is 9.14. The third-order valence-electron chi connectivity index (χ3n) is 7.76. The van der Waals surface area contributed by atoms with E-state index in [1.165, 1.54) is 27.8 Å². The van der Waals surface area contributed by atoms with E-state index in [1.54, 1.807) is 0 Å². The standard InChI is InChI=1S/C36H27N3/c1-36(2)31-16-10-9-15-29(31)30-22-21-28(23-32(30)36)35-38-33(26-13-7-4-8-14-26)37-34(39-35)27-19-17-25(18-20-27)24-11-5-3-6-12-24/h3-23H,1-2H3. The molecule has 1 heterocycles. The van der Waals surface area contributed by atoms with E-state index in [1.807, 2.05) is 36.4 Å². The molecule has 1 aliphatic carbocycles. The summed E-state index contributed by atoms with van der Waals surface area (Å²) in [5.74, 6) is 2.02. The molecule has 1 aromatic heterocycles. The lowest BCUT2D eigenvalue weighted by Gasteiger charge is -2.21. The molecule has 0 radical (unpaired) electrons. The van der Waals surface area contributed by atoms with Gasteiger partial charge < -0.3 is 0 Å². The van der Waals surface area contributed by atoms with Crippen molar-refractivity contribution in [1.82, 2.24) is 15.0 Å². The largest absolute Gasteiger partial charge is 0.208 e. The first kappa shape index (κ1) is 23.2. The molecule has 6 aromatic rings. The zero-order valence-electron chi connectivity index (χ0n) is 22.0. The van der Waals surface area contributed by atoms with Crippen molar-refractivity contribution >= 4 is 0 Å². The highest BCUT2D eigenvalue weighted by Gasteiger charge is 2.35. The van der Waals surface area contributed by atoms with Crippen LogP contribution >= 0.6 is 0 Å². The van der Waals surface area contributed by atoms with Crippen LogP contribution in [0.4, 0.5) is 0 Å². The minimum absolute atomic E-state index is 0.0900. The smallest absolute Gasteiger partial charge is 0.164 e. The van der Waals surface area contributed by atoms with Crippen LogP contribution in [-0.4, -0.2) is 15.0 Å². The highest BCUT2D eigenvalue weighted by Crippen LogP contribution is 2.49. The van der Waals surface area contributed by atoms with Crippen molar-refractivity contribution in [2.24, 2.45) is 0 Å². The van der Waals surface area contributed by atoms with Crippen LogP contribution in [0.15, 0.2) is 127 Å². The van der Waals surface area contributed by atoms with Crippen LogP contribution in [0.25, 0.3) is 56.4 Å². The first-order chi connectivity index (χ1) is 19.1. The number of nitrogens with zero attached hydrogens (tertiary/aromatic N) is 3. The predicted octanol–water partition coefficient (Wildman–Crippen LogP) is 8.85. The van der Waals surface area contributed by atoms with Gasteiger partial charge >= 0.3 is 0 Å². The number of aromatic nitrogens is 3. The van der Waals surface area contributed by atoms with Gasteiger partial charge in [-0.3, -0.25) is 0 Å². The third kappa shape index (κ3) is 4.04.